The molecule has 2 aliphatic rings. The van der Waals surface area contributed by atoms with Gasteiger partial charge in [0.15, 0.2) is 0 Å². The van der Waals surface area contributed by atoms with Gasteiger partial charge in [0.25, 0.3) is 0 Å². The average molecular weight is 349 g/mol. The minimum atomic E-state index is -0.0554. The number of ether oxygens (including phenoxy) is 2. The molecule has 130 valence electrons. The van der Waals surface area contributed by atoms with Crippen LogP contribution < -0.4 is 9.47 Å². The van der Waals surface area contributed by atoms with E-state index in [4.69, 9.17) is 9.47 Å². The van der Waals surface area contributed by atoms with Crippen LogP contribution in [0.2, 0.25) is 0 Å². The molecule has 24 heavy (non-hydrogen) atoms. The van der Waals surface area contributed by atoms with Crippen LogP contribution in [0.5, 0.6) is 11.5 Å². The number of carbonyl (C=O) groups excluding carboxylic acids is 2. The lowest BCUT2D eigenvalue weighted by Gasteiger charge is -2.30. The molecule has 0 N–H and O–H groups in total. The van der Waals surface area contributed by atoms with Gasteiger partial charge in [-0.25, -0.2) is 0 Å². The first-order valence-electron chi connectivity index (χ1n) is 8.29. The summed E-state index contributed by atoms with van der Waals surface area (Å²) in [7, 11) is 3.28. The third-order valence-electron chi connectivity index (χ3n) is 4.77. The number of Topliss-reactive ketones (excluding diaryl/α,β-unsaturated/α-hetero) is 1. The van der Waals surface area contributed by atoms with Gasteiger partial charge in [0.2, 0.25) is 5.91 Å². The Hall–Kier alpha value is -1.69. The minimum absolute atomic E-state index is 0.0273. The minimum Gasteiger partial charge on any atom is -0.497 e. The van der Waals surface area contributed by atoms with Gasteiger partial charge in [-0.15, -0.1) is 11.8 Å². The molecule has 1 saturated heterocycles. The summed E-state index contributed by atoms with van der Waals surface area (Å²) in [6, 6.07) is 5.70. The SMILES string of the molecule is COc1ccc(OC)c(C2SCCN2C(=O)C2CCC(=O)CC2)c1. The molecule has 3 rings (SSSR count). The molecule has 1 unspecified atom stereocenters. The number of carbonyl (C=O) groups is 2. The van der Waals surface area contributed by atoms with Crippen molar-refractivity contribution < 1.29 is 19.1 Å². The van der Waals surface area contributed by atoms with Gasteiger partial charge >= 0.3 is 0 Å². The second-order valence-corrected chi connectivity index (χ2v) is 7.36. The summed E-state index contributed by atoms with van der Waals surface area (Å²) in [5.41, 5.74) is 0.972. The number of hydrogen-bond acceptors (Lipinski definition) is 5. The Labute approximate surface area is 146 Å². The quantitative estimate of drug-likeness (QED) is 0.836. The van der Waals surface area contributed by atoms with Gasteiger partial charge in [-0.2, -0.15) is 0 Å². The fourth-order valence-corrected chi connectivity index (χ4v) is 4.69. The standard InChI is InChI=1S/C18H23NO4S/c1-22-14-7-8-16(23-2)15(11-14)18-19(9-10-24-18)17(21)12-3-5-13(20)6-4-12/h7-8,11-12,18H,3-6,9-10H2,1-2H3. The first kappa shape index (κ1) is 17.1. The van der Waals surface area contributed by atoms with Crippen molar-refractivity contribution in [2.75, 3.05) is 26.5 Å². The van der Waals surface area contributed by atoms with Crippen molar-refractivity contribution in [3.8, 4) is 11.5 Å². The van der Waals surface area contributed by atoms with Gasteiger partial charge in [-0.1, -0.05) is 0 Å². The Balaban J connectivity index is 1.82. The van der Waals surface area contributed by atoms with Crippen molar-refractivity contribution in [2.45, 2.75) is 31.1 Å². The molecule has 1 aromatic rings. The normalized spacial score (nSPS) is 21.8. The number of ketones is 1. The van der Waals surface area contributed by atoms with Gasteiger partial charge in [0.05, 0.1) is 14.2 Å². The Kier molecular flexibility index (Phi) is 5.33. The van der Waals surface area contributed by atoms with E-state index in [2.05, 4.69) is 0 Å². The molecule has 1 saturated carbocycles. The predicted octanol–water partition coefficient (Wildman–Crippen LogP) is 3.04. The monoisotopic (exact) mass is 349 g/mol. The second kappa shape index (κ2) is 7.47. The summed E-state index contributed by atoms with van der Waals surface area (Å²) in [5, 5.41) is -0.0554. The Morgan fingerprint density at radius 2 is 1.96 bits per heavy atom. The molecule has 1 aliphatic carbocycles. The summed E-state index contributed by atoms with van der Waals surface area (Å²) in [4.78, 5) is 26.4. The Morgan fingerprint density at radius 1 is 1.21 bits per heavy atom. The zero-order valence-corrected chi connectivity index (χ0v) is 14.9. The highest BCUT2D eigenvalue weighted by Gasteiger charge is 2.37. The molecule has 1 atom stereocenters. The third-order valence-corrected chi connectivity index (χ3v) is 6.01. The van der Waals surface area contributed by atoms with E-state index in [-0.39, 0.29) is 23.0 Å². The zero-order chi connectivity index (χ0) is 17.1. The predicted molar refractivity (Wildman–Crippen MR) is 93.4 cm³/mol. The largest absolute Gasteiger partial charge is 0.497 e. The van der Waals surface area contributed by atoms with Gasteiger partial charge in [-0.3, -0.25) is 9.59 Å². The fourth-order valence-electron chi connectivity index (χ4n) is 3.41. The maximum atomic E-state index is 13.0. The van der Waals surface area contributed by atoms with Crippen LogP contribution in [0, 0.1) is 5.92 Å². The van der Waals surface area contributed by atoms with Crippen LogP contribution in [0.4, 0.5) is 0 Å². The molecule has 1 amide bonds. The number of thioether (sulfide) groups is 1. The molecule has 2 fully saturated rings. The molecule has 1 heterocycles. The highest BCUT2D eigenvalue weighted by molar-refractivity contribution is 7.99. The van der Waals surface area contributed by atoms with E-state index in [0.717, 1.165) is 29.4 Å². The lowest BCUT2D eigenvalue weighted by molar-refractivity contribution is -0.137. The Bertz CT molecular complexity index is 623. The summed E-state index contributed by atoms with van der Waals surface area (Å²) in [6.07, 6.45) is 2.43. The molecular weight excluding hydrogens is 326 g/mol. The van der Waals surface area contributed by atoms with E-state index in [9.17, 15) is 9.59 Å². The topological polar surface area (TPSA) is 55.8 Å². The molecular formula is C18H23NO4S. The van der Waals surface area contributed by atoms with E-state index in [1.165, 1.54) is 0 Å². The van der Waals surface area contributed by atoms with Gasteiger partial charge in [0, 0.05) is 36.6 Å². The number of amides is 1. The average Bonchev–Trinajstić information content (AvgIpc) is 3.10. The highest BCUT2D eigenvalue weighted by atomic mass is 32.2. The highest BCUT2D eigenvalue weighted by Crippen LogP contribution is 2.44. The Morgan fingerprint density at radius 3 is 2.62 bits per heavy atom. The van der Waals surface area contributed by atoms with Crippen molar-refractivity contribution in [1.82, 2.24) is 4.90 Å². The molecule has 0 bridgehead atoms. The molecule has 5 nitrogen and oxygen atoms in total. The number of benzene rings is 1. The summed E-state index contributed by atoms with van der Waals surface area (Å²) in [5.74, 6) is 2.85. The van der Waals surface area contributed by atoms with Crippen molar-refractivity contribution in [3.05, 3.63) is 23.8 Å². The maximum Gasteiger partial charge on any atom is 0.226 e. The van der Waals surface area contributed by atoms with Crippen LogP contribution in [-0.4, -0.2) is 43.1 Å². The number of methoxy groups -OCH3 is 2. The molecule has 1 aliphatic heterocycles. The smallest absolute Gasteiger partial charge is 0.226 e. The van der Waals surface area contributed by atoms with E-state index in [1.54, 1.807) is 26.0 Å². The van der Waals surface area contributed by atoms with Gasteiger partial charge in [0.1, 0.15) is 22.7 Å². The van der Waals surface area contributed by atoms with Crippen LogP contribution in [0.15, 0.2) is 18.2 Å². The molecule has 1 aromatic carbocycles. The van der Waals surface area contributed by atoms with Crippen LogP contribution in [-0.2, 0) is 9.59 Å². The second-order valence-electron chi connectivity index (χ2n) is 6.18. The van der Waals surface area contributed by atoms with Crippen molar-refractivity contribution in [3.63, 3.8) is 0 Å². The third kappa shape index (κ3) is 3.38. The fraction of sp³-hybridized carbons (Fsp3) is 0.556. The number of rotatable bonds is 4. The van der Waals surface area contributed by atoms with E-state index < -0.39 is 0 Å². The first-order valence-corrected chi connectivity index (χ1v) is 9.34. The zero-order valence-electron chi connectivity index (χ0n) is 14.1. The van der Waals surface area contributed by atoms with E-state index >= 15 is 0 Å². The lowest BCUT2D eigenvalue weighted by Crippen LogP contribution is -2.37. The molecule has 0 aromatic heterocycles. The van der Waals surface area contributed by atoms with Crippen LogP contribution in [0.25, 0.3) is 0 Å². The molecule has 0 radical (unpaired) electrons. The number of hydrogen-bond donors (Lipinski definition) is 0. The molecule has 6 heteroatoms. The van der Waals surface area contributed by atoms with E-state index in [0.29, 0.717) is 25.7 Å². The van der Waals surface area contributed by atoms with Crippen LogP contribution >= 0.6 is 11.8 Å². The van der Waals surface area contributed by atoms with Gasteiger partial charge in [-0.05, 0) is 31.0 Å². The van der Waals surface area contributed by atoms with Crippen LogP contribution in [0.1, 0.15) is 36.6 Å². The first-order chi connectivity index (χ1) is 11.6. The number of nitrogens with zero attached hydrogens (tertiary/aromatic N) is 1. The van der Waals surface area contributed by atoms with E-state index in [1.807, 2.05) is 23.1 Å². The van der Waals surface area contributed by atoms with Gasteiger partial charge < -0.3 is 14.4 Å². The molecule has 0 spiro atoms. The van der Waals surface area contributed by atoms with Crippen LogP contribution in [0.3, 0.4) is 0 Å². The summed E-state index contributed by atoms with van der Waals surface area (Å²) >= 11 is 1.75. The maximum absolute atomic E-state index is 13.0. The summed E-state index contributed by atoms with van der Waals surface area (Å²) in [6.45, 7) is 0.735. The van der Waals surface area contributed by atoms with Crippen molar-refractivity contribution >= 4 is 23.5 Å². The summed E-state index contributed by atoms with van der Waals surface area (Å²) < 4.78 is 10.8. The van der Waals surface area contributed by atoms with Crippen molar-refractivity contribution in [2.24, 2.45) is 5.92 Å². The lowest BCUT2D eigenvalue weighted by atomic mass is 9.87. The van der Waals surface area contributed by atoms with Crippen molar-refractivity contribution in [1.29, 1.82) is 0 Å².